The Bertz CT molecular complexity index is 1150. The van der Waals surface area contributed by atoms with E-state index in [0.717, 1.165) is 43.3 Å². The first kappa shape index (κ1) is 29.5. The molecule has 40 heavy (non-hydrogen) atoms. The molecular weight excluding hydrogens is 492 g/mol. The smallest absolute Gasteiger partial charge is 0.0811 e. The SMILES string of the molecule is C=C1/C(=C\C=C2/CCC[C@]3(C)[C@@H](/C(C)=C\C[C@@H](O)C4(c5ccc(CCCC)cc5)CC4)CC[C@@H]23)C[C@@H](O)C[C@@H]1O. The van der Waals surface area contributed by atoms with E-state index in [0.29, 0.717) is 24.7 Å². The summed E-state index contributed by atoms with van der Waals surface area (Å²) in [6.45, 7) is 11.1. The van der Waals surface area contributed by atoms with Crippen LogP contribution < -0.4 is 0 Å². The van der Waals surface area contributed by atoms with E-state index in [1.54, 1.807) is 0 Å². The normalized spacial score (nSPS) is 34.8. The highest BCUT2D eigenvalue weighted by Crippen LogP contribution is 2.59. The summed E-state index contributed by atoms with van der Waals surface area (Å²) < 4.78 is 0. The van der Waals surface area contributed by atoms with E-state index >= 15 is 0 Å². The summed E-state index contributed by atoms with van der Waals surface area (Å²) in [6, 6.07) is 9.10. The first-order chi connectivity index (χ1) is 19.2. The molecule has 4 fully saturated rings. The fourth-order valence-electron chi connectivity index (χ4n) is 8.45. The third kappa shape index (κ3) is 5.85. The second-order valence-electron chi connectivity index (χ2n) is 13.8. The summed E-state index contributed by atoms with van der Waals surface area (Å²) >= 11 is 0. The van der Waals surface area contributed by atoms with Crippen LogP contribution in [0.25, 0.3) is 0 Å². The largest absolute Gasteiger partial charge is 0.393 e. The number of benzene rings is 1. The fourth-order valence-corrected chi connectivity index (χ4v) is 8.45. The average Bonchev–Trinajstić information content (AvgIpc) is 3.67. The predicted octanol–water partition coefficient (Wildman–Crippen LogP) is 7.90. The van der Waals surface area contributed by atoms with E-state index in [9.17, 15) is 15.3 Å². The van der Waals surface area contributed by atoms with E-state index in [4.69, 9.17) is 0 Å². The molecule has 0 aromatic heterocycles. The van der Waals surface area contributed by atoms with Crippen molar-refractivity contribution in [3.8, 4) is 0 Å². The number of fused-ring (bicyclic) bond motifs is 1. The molecule has 0 saturated heterocycles. The van der Waals surface area contributed by atoms with Crippen LogP contribution in [0.4, 0.5) is 0 Å². The van der Waals surface area contributed by atoms with Gasteiger partial charge < -0.3 is 15.3 Å². The maximum atomic E-state index is 11.4. The van der Waals surface area contributed by atoms with Crippen LogP contribution in [0.2, 0.25) is 0 Å². The Morgan fingerprint density at radius 3 is 2.55 bits per heavy atom. The molecule has 4 saturated carbocycles. The Morgan fingerprint density at radius 1 is 1.10 bits per heavy atom. The highest BCUT2D eigenvalue weighted by molar-refractivity contribution is 5.39. The Kier molecular flexibility index (Phi) is 8.95. The van der Waals surface area contributed by atoms with Crippen molar-refractivity contribution in [1.82, 2.24) is 0 Å². The lowest BCUT2D eigenvalue weighted by Gasteiger charge is -2.43. The van der Waals surface area contributed by atoms with Crippen molar-refractivity contribution >= 4 is 0 Å². The Labute approximate surface area is 242 Å². The van der Waals surface area contributed by atoms with Crippen molar-refractivity contribution in [2.45, 2.75) is 128 Å². The molecular formula is C37H52O3. The van der Waals surface area contributed by atoms with Crippen molar-refractivity contribution in [3.05, 3.63) is 82.5 Å². The van der Waals surface area contributed by atoms with Crippen molar-refractivity contribution in [2.75, 3.05) is 0 Å². The zero-order valence-corrected chi connectivity index (χ0v) is 25.2. The Morgan fingerprint density at radius 2 is 1.85 bits per heavy atom. The molecule has 0 heterocycles. The van der Waals surface area contributed by atoms with E-state index in [-0.39, 0.29) is 16.9 Å². The van der Waals surface area contributed by atoms with Gasteiger partial charge in [-0.2, -0.15) is 0 Å². The van der Waals surface area contributed by atoms with E-state index in [1.165, 1.54) is 60.8 Å². The molecule has 3 heteroatoms. The number of rotatable bonds is 9. The summed E-state index contributed by atoms with van der Waals surface area (Å²) in [5.74, 6) is 1.13. The van der Waals surface area contributed by atoms with E-state index in [2.05, 4.69) is 69.8 Å². The molecule has 0 amide bonds. The van der Waals surface area contributed by atoms with Gasteiger partial charge in [-0.3, -0.25) is 0 Å². The molecule has 3 N–H and O–H groups in total. The average molecular weight is 545 g/mol. The van der Waals surface area contributed by atoms with Gasteiger partial charge in [-0.25, -0.2) is 0 Å². The van der Waals surface area contributed by atoms with Gasteiger partial charge in [0.25, 0.3) is 0 Å². The molecule has 5 rings (SSSR count). The summed E-state index contributed by atoms with van der Waals surface area (Å²) in [5, 5.41) is 31.8. The summed E-state index contributed by atoms with van der Waals surface area (Å²) in [5.41, 5.74) is 7.67. The molecule has 4 aliphatic carbocycles. The fraction of sp³-hybridized carbons (Fsp3) is 0.622. The maximum Gasteiger partial charge on any atom is 0.0811 e. The lowest BCUT2D eigenvalue weighted by atomic mass is 9.62. The third-order valence-electron chi connectivity index (χ3n) is 11.2. The number of aliphatic hydroxyl groups excluding tert-OH is 3. The van der Waals surface area contributed by atoms with Crippen molar-refractivity contribution < 1.29 is 15.3 Å². The molecule has 4 aliphatic rings. The molecule has 0 spiro atoms. The second-order valence-corrected chi connectivity index (χ2v) is 13.8. The summed E-state index contributed by atoms with van der Waals surface area (Å²) in [7, 11) is 0. The van der Waals surface area contributed by atoms with Crippen LogP contribution in [-0.2, 0) is 11.8 Å². The predicted molar refractivity (Wildman–Crippen MR) is 165 cm³/mol. The van der Waals surface area contributed by atoms with E-state index < -0.39 is 12.2 Å². The zero-order valence-electron chi connectivity index (χ0n) is 25.2. The van der Waals surface area contributed by atoms with Crippen LogP contribution >= 0.6 is 0 Å². The molecule has 6 atom stereocenters. The van der Waals surface area contributed by atoms with Gasteiger partial charge in [-0.05, 0) is 117 Å². The first-order valence-electron chi connectivity index (χ1n) is 16.1. The molecule has 0 aliphatic heterocycles. The quantitative estimate of drug-likeness (QED) is 0.277. The molecule has 0 bridgehead atoms. The van der Waals surface area contributed by atoms with Crippen LogP contribution in [0.1, 0.15) is 109 Å². The summed E-state index contributed by atoms with van der Waals surface area (Å²) in [6.07, 6.45) is 18.8. The zero-order chi connectivity index (χ0) is 28.5. The molecule has 3 nitrogen and oxygen atoms in total. The van der Waals surface area contributed by atoms with Gasteiger partial charge in [0.2, 0.25) is 0 Å². The van der Waals surface area contributed by atoms with Crippen molar-refractivity contribution in [3.63, 3.8) is 0 Å². The van der Waals surface area contributed by atoms with Crippen LogP contribution in [-0.4, -0.2) is 33.6 Å². The van der Waals surface area contributed by atoms with Crippen LogP contribution in [0, 0.1) is 17.3 Å². The number of hydrogen-bond acceptors (Lipinski definition) is 3. The van der Waals surface area contributed by atoms with Crippen LogP contribution in [0.15, 0.2) is 71.4 Å². The van der Waals surface area contributed by atoms with Gasteiger partial charge in [0.15, 0.2) is 0 Å². The van der Waals surface area contributed by atoms with Gasteiger partial charge in [0, 0.05) is 11.8 Å². The molecule has 1 aromatic rings. The summed E-state index contributed by atoms with van der Waals surface area (Å²) in [4.78, 5) is 0. The molecule has 218 valence electrons. The van der Waals surface area contributed by atoms with E-state index in [1.807, 2.05) is 0 Å². The highest BCUT2D eigenvalue weighted by Gasteiger charge is 2.51. The standard InChI is InChI=1S/C37H52O3/c1-5-6-8-27-11-15-30(16-12-27)37(21-22-37)35(40)19-10-25(2)32-17-18-33-28(9-7-20-36(32,33)4)13-14-29-23-31(38)24-34(39)26(29)3/h10-16,31-35,38-40H,3,5-9,17-24H2,1-2,4H3/b25-10-,28-13+,29-14-/t31-,32-,33+,34+,35-,36-/m1/s1. The molecule has 1 aromatic carbocycles. The van der Waals surface area contributed by atoms with Crippen molar-refractivity contribution in [2.24, 2.45) is 17.3 Å². The van der Waals surface area contributed by atoms with Gasteiger partial charge in [-0.1, -0.05) is 80.5 Å². The topological polar surface area (TPSA) is 60.7 Å². The monoisotopic (exact) mass is 544 g/mol. The lowest BCUT2D eigenvalue weighted by Crippen LogP contribution is -2.34. The minimum atomic E-state index is -0.635. The number of hydrogen-bond donors (Lipinski definition) is 3. The van der Waals surface area contributed by atoms with Gasteiger partial charge in [0.05, 0.1) is 18.3 Å². The highest BCUT2D eigenvalue weighted by atomic mass is 16.3. The second kappa shape index (κ2) is 12.1. The Hall–Kier alpha value is -1.94. The maximum absolute atomic E-state index is 11.4. The lowest BCUT2D eigenvalue weighted by molar-refractivity contribution is 0.0862. The first-order valence-corrected chi connectivity index (χ1v) is 16.1. The van der Waals surface area contributed by atoms with Gasteiger partial charge >= 0.3 is 0 Å². The number of unbranched alkanes of at least 4 members (excludes halogenated alkanes) is 1. The number of aliphatic hydroxyl groups is 3. The number of allylic oxidation sites excluding steroid dienone is 4. The van der Waals surface area contributed by atoms with Crippen LogP contribution in [0.3, 0.4) is 0 Å². The van der Waals surface area contributed by atoms with Gasteiger partial charge in [0.1, 0.15) is 0 Å². The minimum Gasteiger partial charge on any atom is -0.393 e. The van der Waals surface area contributed by atoms with Crippen molar-refractivity contribution in [1.29, 1.82) is 0 Å². The molecule has 0 unspecified atom stereocenters. The molecule has 0 radical (unpaired) electrons. The minimum absolute atomic E-state index is 0.0549. The van der Waals surface area contributed by atoms with Crippen LogP contribution in [0.5, 0.6) is 0 Å². The Balaban J connectivity index is 1.25. The number of aryl methyl sites for hydroxylation is 1. The third-order valence-corrected chi connectivity index (χ3v) is 11.2. The van der Waals surface area contributed by atoms with Gasteiger partial charge in [-0.15, -0.1) is 0 Å².